The summed E-state index contributed by atoms with van der Waals surface area (Å²) in [5.41, 5.74) is 2.22. The second kappa shape index (κ2) is 5.65. The maximum Gasteiger partial charge on any atom is 0.174 e. The number of benzene rings is 2. The third-order valence-corrected chi connectivity index (χ3v) is 2.54. The number of nitriles is 1. The molecule has 0 fully saturated rings. The minimum absolute atomic E-state index is 0.0787. The van der Waals surface area contributed by atoms with Crippen LogP contribution in [0.4, 0.5) is 0 Å². The second-order valence-electron chi connectivity index (χ2n) is 3.65. The molecular weight excluding hydrogens is 226 g/mol. The van der Waals surface area contributed by atoms with E-state index in [-0.39, 0.29) is 6.61 Å². The summed E-state index contributed by atoms with van der Waals surface area (Å²) in [5.74, 6) is 0.459. The zero-order valence-corrected chi connectivity index (χ0v) is 9.67. The highest BCUT2D eigenvalue weighted by Crippen LogP contribution is 2.32. The van der Waals surface area contributed by atoms with Gasteiger partial charge in [0.2, 0.25) is 0 Å². The lowest BCUT2D eigenvalue weighted by molar-refractivity contribution is 0.112. The molecule has 18 heavy (non-hydrogen) atoms. The highest BCUT2D eigenvalue weighted by molar-refractivity contribution is 5.86. The van der Waals surface area contributed by atoms with Crippen LogP contribution in [0.15, 0.2) is 48.5 Å². The quantitative estimate of drug-likeness (QED) is 0.768. The van der Waals surface area contributed by atoms with E-state index in [2.05, 4.69) is 0 Å². The molecule has 0 N–H and O–H groups in total. The zero-order chi connectivity index (χ0) is 12.8. The van der Waals surface area contributed by atoms with Crippen molar-refractivity contribution >= 4 is 6.29 Å². The van der Waals surface area contributed by atoms with Crippen LogP contribution in [-0.4, -0.2) is 12.9 Å². The van der Waals surface area contributed by atoms with Crippen molar-refractivity contribution in [2.24, 2.45) is 0 Å². The minimum Gasteiger partial charge on any atom is -0.477 e. The Morgan fingerprint density at radius 1 is 1.11 bits per heavy atom. The van der Waals surface area contributed by atoms with E-state index in [0.29, 0.717) is 11.3 Å². The van der Waals surface area contributed by atoms with E-state index < -0.39 is 0 Å². The molecule has 0 unspecified atom stereocenters. The average Bonchev–Trinajstić information content (AvgIpc) is 2.45. The second-order valence-corrected chi connectivity index (χ2v) is 3.65. The van der Waals surface area contributed by atoms with Gasteiger partial charge in [0, 0.05) is 5.56 Å². The predicted octanol–water partition coefficient (Wildman–Crippen LogP) is 3.07. The summed E-state index contributed by atoms with van der Waals surface area (Å²) in [6, 6.07) is 16.9. The standard InChI is InChI=1S/C15H11NO2/c16-9-10-18-15-13(11-17)7-4-8-14(15)12-5-2-1-3-6-12/h1-8,11H,10H2. The average molecular weight is 237 g/mol. The molecule has 3 nitrogen and oxygen atoms in total. The van der Waals surface area contributed by atoms with Gasteiger partial charge in [-0.25, -0.2) is 0 Å². The molecule has 2 aromatic carbocycles. The maximum absolute atomic E-state index is 11.0. The van der Waals surface area contributed by atoms with Gasteiger partial charge >= 0.3 is 0 Å². The van der Waals surface area contributed by atoms with Crippen molar-refractivity contribution in [3.8, 4) is 22.9 Å². The summed E-state index contributed by atoms with van der Waals surface area (Å²) in [6.07, 6.45) is 0.735. The van der Waals surface area contributed by atoms with Gasteiger partial charge in [0.15, 0.2) is 12.9 Å². The molecule has 0 aromatic heterocycles. The molecule has 2 rings (SSSR count). The van der Waals surface area contributed by atoms with Gasteiger partial charge in [0.05, 0.1) is 5.56 Å². The van der Waals surface area contributed by atoms with E-state index in [4.69, 9.17) is 10.00 Å². The molecule has 88 valence electrons. The Morgan fingerprint density at radius 3 is 2.56 bits per heavy atom. The van der Waals surface area contributed by atoms with Gasteiger partial charge in [-0.05, 0) is 11.6 Å². The zero-order valence-electron chi connectivity index (χ0n) is 9.67. The first-order chi connectivity index (χ1) is 8.86. The molecule has 0 aliphatic rings. The van der Waals surface area contributed by atoms with E-state index in [1.165, 1.54) is 0 Å². The Balaban J connectivity index is 2.53. The number of hydrogen-bond donors (Lipinski definition) is 0. The van der Waals surface area contributed by atoms with E-state index in [0.717, 1.165) is 17.4 Å². The van der Waals surface area contributed by atoms with Gasteiger partial charge in [0.25, 0.3) is 0 Å². The van der Waals surface area contributed by atoms with Crippen LogP contribution in [0.3, 0.4) is 0 Å². The summed E-state index contributed by atoms with van der Waals surface area (Å²) in [4.78, 5) is 11.0. The van der Waals surface area contributed by atoms with Crippen LogP contribution in [0.1, 0.15) is 10.4 Å². The number of para-hydroxylation sites is 1. The molecule has 0 saturated carbocycles. The number of hydrogen-bond acceptors (Lipinski definition) is 3. The first kappa shape index (κ1) is 11.9. The number of rotatable bonds is 4. The molecule has 0 bridgehead atoms. The van der Waals surface area contributed by atoms with Crippen LogP contribution in [0.25, 0.3) is 11.1 Å². The highest BCUT2D eigenvalue weighted by atomic mass is 16.5. The number of carbonyl (C=O) groups excluding carboxylic acids is 1. The van der Waals surface area contributed by atoms with E-state index in [1.807, 2.05) is 42.5 Å². The Morgan fingerprint density at radius 2 is 1.89 bits per heavy atom. The van der Waals surface area contributed by atoms with Crippen molar-refractivity contribution in [3.05, 3.63) is 54.1 Å². The SMILES string of the molecule is N#CCOc1c(C=O)cccc1-c1ccccc1. The van der Waals surface area contributed by atoms with Crippen molar-refractivity contribution in [1.82, 2.24) is 0 Å². The van der Waals surface area contributed by atoms with Gasteiger partial charge in [-0.15, -0.1) is 0 Å². The fourth-order valence-corrected chi connectivity index (χ4v) is 1.76. The van der Waals surface area contributed by atoms with Gasteiger partial charge in [-0.3, -0.25) is 4.79 Å². The molecule has 2 aromatic rings. The Bertz CT molecular complexity index is 585. The van der Waals surface area contributed by atoms with Crippen molar-refractivity contribution in [2.45, 2.75) is 0 Å². The molecule has 0 saturated heterocycles. The van der Waals surface area contributed by atoms with Crippen LogP contribution < -0.4 is 4.74 Å². The molecular formula is C15H11NO2. The van der Waals surface area contributed by atoms with E-state index >= 15 is 0 Å². The van der Waals surface area contributed by atoms with Gasteiger partial charge in [-0.1, -0.05) is 42.5 Å². The number of carbonyl (C=O) groups is 1. The lowest BCUT2D eigenvalue weighted by Gasteiger charge is -2.11. The predicted molar refractivity (Wildman–Crippen MR) is 68.4 cm³/mol. The summed E-state index contributed by atoms with van der Waals surface area (Å²) >= 11 is 0. The van der Waals surface area contributed by atoms with Crippen LogP contribution in [0, 0.1) is 11.3 Å². The van der Waals surface area contributed by atoms with Gasteiger partial charge < -0.3 is 4.74 Å². The smallest absolute Gasteiger partial charge is 0.174 e. The molecule has 0 atom stereocenters. The van der Waals surface area contributed by atoms with Gasteiger partial charge in [-0.2, -0.15) is 5.26 Å². The summed E-state index contributed by atoms with van der Waals surface area (Å²) < 4.78 is 5.37. The third kappa shape index (κ3) is 2.38. The van der Waals surface area contributed by atoms with Crippen molar-refractivity contribution in [2.75, 3.05) is 6.61 Å². The van der Waals surface area contributed by atoms with E-state index in [1.54, 1.807) is 12.1 Å². The fraction of sp³-hybridized carbons (Fsp3) is 0.0667. The molecule has 0 aliphatic heterocycles. The Labute approximate surface area is 105 Å². The molecule has 0 amide bonds. The van der Waals surface area contributed by atoms with Gasteiger partial charge in [0.1, 0.15) is 11.8 Å². The number of nitrogens with zero attached hydrogens (tertiary/aromatic N) is 1. The first-order valence-electron chi connectivity index (χ1n) is 5.50. The lowest BCUT2D eigenvalue weighted by Crippen LogP contribution is -1.99. The Kier molecular flexibility index (Phi) is 3.72. The summed E-state index contributed by atoms with van der Waals surface area (Å²) in [5, 5.41) is 8.59. The molecule has 0 aliphatic carbocycles. The number of aldehydes is 1. The molecule has 0 heterocycles. The largest absolute Gasteiger partial charge is 0.477 e. The maximum atomic E-state index is 11.0. The van der Waals surface area contributed by atoms with Crippen LogP contribution >= 0.6 is 0 Å². The van der Waals surface area contributed by atoms with Crippen LogP contribution in [0.2, 0.25) is 0 Å². The monoisotopic (exact) mass is 237 g/mol. The topological polar surface area (TPSA) is 50.1 Å². The minimum atomic E-state index is -0.0787. The third-order valence-electron chi connectivity index (χ3n) is 2.54. The first-order valence-corrected chi connectivity index (χ1v) is 5.50. The highest BCUT2D eigenvalue weighted by Gasteiger charge is 2.10. The lowest BCUT2D eigenvalue weighted by atomic mass is 10.0. The molecule has 0 spiro atoms. The van der Waals surface area contributed by atoms with Crippen LogP contribution in [-0.2, 0) is 0 Å². The van der Waals surface area contributed by atoms with Crippen molar-refractivity contribution < 1.29 is 9.53 Å². The van der Waals surface area contributed by atoms with E-state index in [9.17, 15) is 4.79 Å². The Hall–Kier alpha value is -2.60. The molecule has 0 radical (unpaired) electrons. The summed E-state index contributed by atoms with van der Waals surface area (Å²) in [6.45, 7) is -0.0787. The van der Waals surface area contributed by atoms with Crippen LogP contribution in [0.5, 0.6) is 5.75 Å². The molecule has 3 heteroatoms. The number of ether oxygens (including phenoxy) is 1. The summed E-state index contributed by atoms with van der Waals surface area (Å²) in [7, 11) is 0. The fourth-order valence-electron chi connectivity index (χ4n) is 1.76. The van der Waals surface area contributed by atoms with Crippen molar-refractivity contribution in [3.63, 3.8) is 0 Å². The normalized spacial score (nSPS) is 9.50. The van der Waals surface area contributed by atoms with Crippen molar-refractivity contribution in [1.29, 1.82) is 5.26 Å².